The number of piperidine rings is 1. The topological polar surface area (TPSA) is 65.9 Å². The number of nitrogens with zero attached hydrogens (tertiary/aromatic N) is 3. The molecule has 0 spiro atoms. The Morgan fingerprint density at radius 2 is 1.70 bits per heavy atom. The molecule has 8 heteroatoms. The minimum atomic E-state index is -1.16. The number of pyridine rings is 1. The van der Waals surface area contributed by atoms with Crippen LogP contribution < -0.4 is 4.90 Å². The van der Waals surface area contributed by atoms with Crippen LogP contribution in [0.4, 0.5) is 14.5 Å². The summed E-state index contributed by atoms with van der Waals surface area (Å²) in [6, 6.07) is 10.6. The maximum absolute atomic E-state index is 13.8. The fourth-order valence-corrected chi connectivity index (χ4v) is 6.55. The predicted molar refractivity (Wildman–Crippen MR) is 170 cm³/mol. The number of fused-ring (bicyclic) bond motifs is 1. The Bertz CT molecular complexity index is 1550. The number of hydrogen-bond donors (Lipinski definition) is 1. The number of halogens is 2. The highest BCUT2D eigenvalue weighted by molar-refractivity contribution is 5.88. The van der Waals surface area contributed by atoms with E-state index in [-0.39, 0.29) is 5.41 Å². The molecule has 1 N–H and O–H groups in total. The third kappa shape index (κ3) is 6.97. The van der Waals surface area contributed by atoms with Crippen molar-refractivity contribution >= 4 is 11.7 Å². The van der Waals surface area contributed by atoms with Gasteiger partial charge in [0, 0.05) is 55.2 Å². The molecule has 44 heavy (non-hydrogen) atoms. The number of aliphatic carboxylic acids is 1. The number of carboxylic acid groups (broad SMARTS) is 1. The van der Waals surface area contributed by atoms with Crippen LogP contribution in [-0.2, 0) is 29.0 Å². The van der Waals surface area contributed by atoms with E-state index >= 15 is 0 Å². The number of carboxylic acids is 1. The first-order chi connectivity index (χ1) is 20.6. The molecule has 1 aromatic heterocycles. The fraction of sp³-hybridized carbons (Fsp3) is 0.500. The number of anilines is 1. The van der Waals surface area contributed by atoms with E-state index in [2.05, 4.69) is 41.8 Å². The van der Waals surface area contributed by atoms with Crippen LogP contribution in [0.1, 0.15) is 87.2 Å². The Morgan fingerprint density at radius 3 is 2.34 bits per heavy atom. The van der Waals surface area contributed by atoms with Gasteiger partial charge in [0.25, 0.3) is 0 Å². The van der Waals surface area contributed by atoms with E-state index in [0.717, 1.165) is 67.0 Å². The van der Waals surface area contributed by atoms with Crippen molar-refractivity contribution < 1.29 is 23.4 Å². The number of benzene rings is 2. The first-order valence-corrected chi connectivity index (χ1v) is 15.6. The largest absolute Gasteiger partial charge is 0.479 e. The minimum Gasteiger partial charge on any atom is -0.479 e. The Balaban J connectivity index is 1.56. The molecule has 2 aromatic carbocycles. The molecular formula is C36H45F2N3O3. The Kier molecular flexibility index (Phi) is 8.89. The van der Waals surface area contributed by atoms with Crippen molar-refractivity contribution in [2.75, 3.05) is 24.5 Å². The molecule has 0 bridgehead atoms. The first kappa shape index (κ1) is 32.0. The van der Waals surface area contributed by atoms with Crippen LogP contribution in [0.2, 0.25) is 0 Å². The van der Waals surface area contributed by atoms with Crippen molar-refractivity contribution in [2.45, 2.75) is 92.5 Å². The van der Waals surface area contributed by atoms with Gasteiger partial charge >= 0.3 is 5.97 Å². The zero-order valence-electron chi connectivity index (χ0n) is 27.1. The summed E-state index contributed by atoms with van der Waals surface area (Å²) < 4.78 is 33.5. The van der Waals surface area contributed by atoms with Gasteiger partial charge in [-0.3, -0.25) is 9.88 Å². The van der Waals surface area contributed by atoms with E-state index in [1.807, 2.05) is 34.6 Å². The molecule has 5 rings (SSSR count). The van der Waals surface area contributed by atoms with Gasteiger partial charge in [0.1, 0.15) is 0 Å². The molecule has 236 valence electrons. The molecule has 1 unspecified atom stereocenters. The highest BCUT2D eigenvalue weighted by Gasteiger charge is 2.36. The lowest BCUT2D eigenvalue weighted by atomic mass is 9.81. The average molecular weight is 606 g/mol. The molecular weight excluding hydrogens is 560 g/mol. The number of hydrogen-bond acceptors (Lipinski definition) is 5. The zero-order valence-corrected chi connectivity index (χ0v) is 27.1. The molecule has 1 saturated heterocycles. The van der Waals surface area contributed by atoms with Crippen LogP contribution in [0.25, 0.3) is 11.1 Å². The average Bonchev–Trinajstić information content (AvgIpc) is 2.93. The second-order valence-electron chi connectivity index (χ2n) is 14.2. The molecule has 3 aromatic rings. The molecule has 0 aliphatic carbocycles. The number of rotatable bonds is 7. The van der Waals surface area contributed by atoms with Crippen molar-refractivity contribution in [3.8, 4) is 11.1 Å². The number of aryl methyl sites for hydroxylation is 2. The van der Waals surface area contributed by atoms with E-state index in [4.69, 9.17) is 9.72 Å². The second kappa shape index (κ2) is 12.2. The maximum atomic E-state index is 13.8. The van der Waals surface area contributed by atoms with E-state index < -0.39 is 29.3 Å². The van der Waals surface area contributed by atoms with Crippen molar-refractivity contribution in [3.05, 3.63) is 81.7 Å². The molecule has 2 aliphatic rings. The van der Waals surface area contributed by atoms with Crippen LogP contribution >= 0.6 is 0 Å². The van der Waals surface area contributed by atoms with Gasteiger partial charge in [-0.05, 0) is 93.7 Å². The van der Waals surface area contributed by atoms with Gasteiger partial charge in [0.15, 0.2) is 17.7 Å². The molecule has 6 nitrogen and oxygen atoms in total. The Labute approximate surface area is 260 Å². The lowest BCUT2D eigenvalue weighted by Gasteiger charge is -2.41. The normalized spacial score (nSPS) is 17.8. The number of carbonyl (C=O) groups is 1. The summed E-state index contributed by atoms with van der Waals surface area (Å²) in [5.41, 5.74) is 7.79. The highest BCUT2D eigenvalue weighted by atomic mass is 19.2. The van der Waals surface area contributed by atoms with Gasteiger partial charge in [-0.2, -0.15) is 0 Å². The SMILES string of the molecule is Cc1nc(C)c(C(OC(C)(C)C)C(=O)O)c(N2CCC(C)(C)CC2)c1-c1ccc2c(c1)CCN(Cc1ccc(F)c(F)c1)C2. The monoisotopic (exact) mass is 605 g/mol. The van der Waals surface area contributed by atoms with Crippen LogP contribution in [-0.4, -0.2) is 46.2 Å². The summed E-state index contributed by atoms with van der Waals surface area (Å²) in [6.07, 6.45) is 1.66. The standard InChI is InChI=1S/C36H45F2N3O3/c1-22-30(26-9-10-27-21-40(15-12-25(27)19-26)20-24-8-11-28(37)29(38)18-24)32(41-16-13-36(6,7)14-17-41)31(23(2)39-22)33(34(42)43)44-35(3,4)5/h8-11,18-19,33H,12-17,20-21H2,1-7H3,(H,42,43). The Morgan fingerprint density at radius 1 is 1.00 bits per heavy atom. The Hall–Kier alpha value is -3.36. The van der Waals surface area contributed by atoms with Gasteiger partial charge < -0.3 is 14.7 Å². The van der Waals surface area contributed by atoms with Gasteiger partial charge in [0.05, 0.1) is 11.3 Å². The lowest BCUT2D eigenvalue weighted by molar-refractivity contribution is -0.160. The van der Waals surface area contributed by atoms with Crippen LogP contribution in [0, 0.1) is 30.9 Å². The predicted octanol–water partition coefficient (Wildman–Crippen LogP) is 7.77. The summed E-state index contributed by atoms with van der Waals surface area (Å²) >= 11 is 0. The van der Waals surface area contributed by atoms with Crippen molar-refractivity contribution in [2.24, 2.45) is 5.41 Å². The molecule has 0 saturated carbocycles. The first-order valence-electron chi connectivity index (χ1n) is 15.6. The van der Waals surface area contributed by atoms with Gasteiger partial charge in [-0.25, -0.2) is 13.6 Å². The molecule has 0 amide bonds. The van der Waals surface area contributed by atoms with E-state index in [0.29, 0.717) is 24.3 Å². The van der Waals surface area contributed by atoms with E-state index in [1.165, 1.54) is 23.3 Å². The van der Waals surface area contributed by atoms with Gasteiger partial charge in [-0.15, -0.1) is 0 Å². The number of aromatic nitrogens is 1. The third-order valence-corrected chi connectivity index (χ3v) is 8.95. The van der Waals surface area contributed by atoms with Crippen LogP contribution in [0.15, 0.2) is 36.4 Å². The van der Waals surface area contributed by atoms with E-state index in [9.17, 15) is 18.7 Å². The fourth-order valence-electron chi connectivity index (χ4n) is 6.55. The maximum Gasteiger partial charge on any atom is 0.337 e. The summed E-state index contributed by atoms with van der Waals surface area (Å²) in [4.78, 5) is 22.3. The number of ether oxygens (including phenoxy) is 1. The second-order valence-corrected chi connectivity index (χ2v) is 14.2. The van der Waals surface area contributed by atoms with Crippen molar-refractivity contribution in [3.63, 3.8) is 0 Å². The van der Waals surface area contributed by atoms with Gasteiger partial charge in [0.2, 0.25) is 0 Å². The summed E-state index contributed by atoms with van der Waals surface area (Å²) in [5, 5.41) is 10.5. The molecule has 2 aliphatic heterocycles. The smallest absolute Gasteiger partial charge is 0.337 e. The van der Waals surface area contributed by atoms with Crippen LogP contribution in [0.5, 0.6) is 0 Å². The molecule has 1 fully saturated rings. The zero-order chi connectivity index (χ0) is 32.0. The molecule has 3 heterocycles. The van der Waals surface area contributed by atoms with E-state index in [1.54, 1.807) is 6.07 Å². The summed E-state index contributed by atoms with van der Waals surface area (Å²) in [5.74, 6) is -2.68. The van der Waals surface area contributed by atoms with Crippen LogP contribution in [0.3, 0.4) is 0 Å². The minimum absolute atomic E-state index is 0.222. The van der Waals surface area contributed by atoms with Crippen molar-refractivity contribution in [1.29, 1.82) is 0 Å². The summed E-state index contributed by atoms with van der Waals surface area (Å²) in [7, 11) is 0. The quantitative estimate of drug-likeness (QED) is 0.297. The summed E-state index contributed by atoms with van der Waals surface area (Å²) in [6.45, 7) is 17.8. The highest BCUT2D eigenvalue weighted by Crippen LogP contribution is 2.45. The van der Waals surface area contributed by atoms with Gasteiger partial charge in [-0.1, -0.05) is 38.1 Å². The third-order valence-electron chi connectivity index (χ3n) is 8.95. The molecule has 1 atom stereocenters. The molecule has 0 radical (unpaired) electrons. The van der Waals surface area contributed by atoms with Crippen molar-refractivity contribution in [1.82, 2.24) is 9.88 Å². The lowest BCUT2D eigenvalue weighted by Crippen LogP contribution is -2.39.